The van der Waals surface area contributed by atoms with Gasteiger partial charge in [-0.15, -0.1) is 0 Å². The molecule has 0 saturated carbocycles. The Morgan fingerprint density at radius 3 is 1.98 bits per heavy atom. The van der Waals surface area contributed by atoms with Crippen LogP contribution in [0.3, 0.4) is 0 Å². The fraction of sp³-hybridized carbons (Fsp3) is 0.594. The third kappa shape index (κ3) is 10.3. The average molecular weight is 650 g/mol. The maximum atomic E-state index is 12.5. The first kappa shape index (κ1) is 32.9. The van der Waals surface area contributed by atoms with Crippen LogP contribution in [0.2, 0.25) is 0 Å². The predicted molar refractivity (Wildman–Crippen MR) is 175 cm³/mol. The molecule has 220 valence electrons. The Balaban J connectivity index is 1.37. The number of unbranched alkanes of at least 4 members (excludes halogenated alkanes) is 15. The van der Waals surface area contributed by atoms with E-state index in [1.807, 2.05) is 6.08 Å². The van der Waals surface area contributed by atoms with Gasteiger partial charge < -0.3 is 0 Å². The number of hydrogen-bond donors (Lipinski definition) is 1. The van der Waals surface area contributed by atoms with Crippen LogP contribution in [0.5, 0.6) is 0 Å². The van der Waals surface area contributed by atoms with E-state index in [2.05, 4.69) is 36.9 Å². The number of rotatable bonds is 18. The van der Waals surface area contributed by atoms with Gasteiger partial charge in [0.15, 0.2) is 0 Å². The zero-order valence-electron chi connectivity index (χ0n) is 24.3. The quantitative estimate of drug-likeness (QED) is 0.0744. The van der Waals surface area contributed by atoms with Crippen molar-refractivity contribution in [1.82, 2.24) is 4.90 Å². The Bertz CT molecular complexity index is 1070. The van der Waals surface area contributed by atoms with Gasteiger partial charge in [-0.1, -0.05) is 51.9 Å². The van der Waals surface area contributed by atoms with Crippen molar-refractivity contribution >= 4 is 65.4 Å². The van der Waals surface area contributed by atoms with Crippen LogP contribution in [0.1, 0.15) is 115 Å². The van der Waals surface area contributed by atoms with E-state index >= 15 is 0 Å². The van der Waals surface area contributed by atoms with E-state index in [1.165, 1.54) is 117 Å². The van der Waals surface area contributed by atoms with E-state index < -0.39 is 12.0 Å². The molecule has 1 N–H and O–H groups in total. The SMILES string of the molecule is CCCCCCCCCCCCCCCCCCN1/C(=C\C=C2\SC(=S)N(C(=O)O)C2=O)[Se]c2cc(C)ccc21. The van der Waals surface area contributed by atoms with Gasteiger partial charge in [0.1, 0.15) is 0 Å². The molecule has 2 heterocycles. The number of hydrogen-bond acceptors (Lipinski definition) is 5. The molecule has 1 aromatic carbocycles. The monoisotopic (exact) mass is 650 g/mol. The molecule has 2 aliphatic rings. The number of nitrogens with zero attached hydrogens (tertiary/aromatic N) is 2. The molecule has 0 atom stereocenters. The summed E-state index contributed by atoms with van der Waals surface area (Å²) in [6, 6.07) is 6.64. The summed E-state index contributed by atoms with van der Waals surface area (Å²) >= 11 is 6.28. The molecular formula is C32H46N2O3S2Se. The van der Waals surface area contributed by atoms with Crippen molar-refractivity contribution in [1.29, 1.82) is 0 Å². The Morgan fingerprint density at radius 2 is 1.45 bits per heavy atom. The molecule has 3 rings (SSSR count). The minimum atomic E-state index is -1.32. The standard InChI is InChI=1S/C32H46N2O3S2Se/c1-3-4-5-6-7-8-9-10-11-12-13-14-15-16-17-18-23-33-26-20-19-25(2)24-28(26)40-29(33)22-21-27-30(35)34(31(36)37)32(38)39-27/h19-22,24H,3-18,23H2,1-2H3,(H,36,37)/b27-21+,29-22+. The van der Waals surface area contributed by atoms with Gasteiger partial charge >= 0.3 is 207 Å². The summed E-state index contributed by atoms with van der Waals surface area (Å²) in [7, 11) is 0. The van der Waals surface area contributed by atoms with Gasteiger partial charge in [-0.3, -0.25) is 0 Å². The van der Waals surface area contributed by atoms with E-state index in [0.717, 1.165) is 24.7 Å². The van der Waals surface area contributed by atoms with Gasteiger partial charge in [0.2, 0.25) is 0 Å². The molecular weight excluding hydrogens is 603 g/mol. The minimum absolute atomic E-state index is 0.0722. The molecule has 0 aromatic heterocycles. The van der Waals surface area contributed by atoms with Gasteiger partial charge in [0.05, 0.1) is 0 Å². The maximum absolute atomic E-state index is 12.5. The van der Waals surface area contributed by atoms with Crippen molar-refractivity contribution in [3.8, 4) is 0 Å². The third-order valence-corrected chi connectivity index (χ3v) is 11.1. The van der Waals surface area contributed by atoms with Crippen molar-refractivity contribution in [3.63, 3.8) is 0 Å². The number of allylic oxidation sites excluding steroid dienone is 2. The molecule has 5 nitrogen and oxygen atoms in total. The molecule has 1 aromatic rings. The molecule has 0 aliphatic carbocycles. The van der Waals surface area contributed by atoms with Crippen molar-refractivity contribution in [2.45, 2.75) is 117 Å². The van der Waals surface area contributed by atoms with Crippen molar-refractivity contribution < 1.29 is 14.7 Å². The molecule has 40 heavy (non-hydrogen) atoms. The predicted octanol–water partition coefficient (Wildman–Crippen LogP) is 8.67. The fourth-order valence-corrected chi connectivity index (χ4v) is 8.86. The van der Waals surface area contributed by atoms with Crippen LogP contribution in [0, 0.1) is 6.92 Å². The number of aryl methyl sites for hydroxylation is 1. The first-order chi connectivity index (χ1) is 19.4. The van der Waals surface area contributed by atoms with Crippen molar-refractivity contribution in [2.24, 2.45) is 0 Å². The summed E-state index contributed by atoms with van der Waals surface area (Å²) in [4.78, 5) is 27.2. The zero-order chi connectivity index (χ0) is 28.7. The number of thiocarbonyl (C=S) groups is 1. The Kier molecular flexibility index (Phi) is 14.8. The van der Waals surface area contributed by atoms with E-state index in [9.17, 15) is 14.7 Å². The van der Waals surface area contributed by atoms with Crippen LogP contribution < -0.4 is 9.36 Å². The number of carboxylic acid groups (broad SMARTS) is 1. The Labute approximate surface area is 257 Å². The molecule has 0 bridgehead atoms. The Morgan fingerprint density at radius 1 is 0.900 bits per heavy atom. The summed E-state index contributed by atoms with van der Waals surface area (Å²) in [5.74, 6) is -0.553. The molecule has 0 radical (unpaired) electrons. The second-order valence-electron chi connectivity index (χ2n) is 10.9. The number of carbonyl (C=O) groups is 2. The molecule has 2 aliphatic heterocycles. The number of fused-ring (bicyclic) bond motifs is 1. The first-order valence-electron chi connectivity index (χ1n) is 15.2. The normalized spacial score (nSPS) is 17.1. The summed E-state index contributed by atoms with van der Waals surface area (Å²) < 4.78 is 2.64. The van der Waals surface area contributed by atoms with Crippen LogP contribution in [0.15, 0.2) is 39.9 Å². The molecule has 2 amide bonds. The van der Waals surface area contributed by atoms with Gasteiger partial charge in [-0.2, -0.15) is 0 Å². The first-order valence-corrected chi connectivity index (χ1v) is 18.1. The molecule has 8 heteroatoms. The van der Waals surface area contributed by atoms with Crippen molar-refractivity contribution in [2.75, 3.05) is 11.4 Å². The third-order valence-electron chi connectivity index (χ3n) is 7.48. The molecule has 0 unspecified atom stereocenters. The molecule has 1 fully saturated rings. The van der Waals surface area contributed by atoms with E-state index in [4.69, 9.17) is 12.2 Å². The average Bonchev–Trinajstić information content (AvgIpc) is 3.41. The van der Waals surface area contributed by atoms with Gasteiger partial charge in [-0.25, -0.2) is 0 Å². The fourth-order valence-electron chi connectivity index (χ4n) is 5.18. The van der Waals surface area contributed by atoms with E-state index in [0.29, 0.717) is 9.81 Å². The topological polar surface area (TPSA) is 60.9 Å². The second kappa shape index (κ2) is 18.0. The number of thioether (sulfide) groups is 1. The molecule has 0 spiro atoms. The van der Waals surface area contributed by atoms with Gasteiger partial charge in [-0.05, 0) is 0 Å². The number of amides is 2. The van der Waals surface area contributed by atoms with Crippen LogP contribution in [0.25, 0.3) is 0 Å². The summed E-state index contributed by atoms with van der Waals surface area (Å²) in [6.07, 6.45) is 24.2. The van der Waals surface area contributed by atoms with E-state index in [1.54, 1.807) is 6.08 Å². The van der Waals surface area contributed by atoms with Crippen LogP contribution in [-0.4, -0.2) is 47.8 Å². The summed E-state index contributed by atoms with van der Waals surface area (Å²) in [5, 5.41) is 9.26. The summed E-state index contributed by atoms with van der Waals surface area (Å²) in [6.45, 7) is 5.36. The van der Waals surface area contributed by atoms with Gasteiger partial charge in [0.25, 0.3) is 0 Å². The molecule has 1 saturated heterocycles. The van der Waals surface area contributed by atoms with Crippen molar-refractivity contribution in [3.05, 3.63) is 45.4 Å². The number of imide groups is 1. The number of carbonyl (C=O) groups excluding carboxylic acids is 1. The second-order valence-corrected chi connectivity index (χ2v) is 14.8. The van der Waals surface area contributed by atoms with Crippen LogP contribution in [0.4, 0.5) is 10.5 Å². The van der Waals surface area contributed by atoms with Gasteiger partial charge in [0, 0.05) is 0 Å². The zero-order valence-corrected chi connectivity index (χ0v) is 27.6. The number of benzene rings is 1. The van der Waals surface area contributed by atoms with Crippen LogP contribution in [-0.2, 0) is 4.79 Å². The Hall–Kier alpha value is -1.60. The van der Waals surface area contributed by atoms with Crippen LogP contribution >= 0.6 is 24.0 Å². The van der Waals surface area contributed by atoms with E-state index in [-0.39, 0.29) is 19.3 Å². The summed E-state index contributed by atoms with van der Waals surface area (Å²) in [5.41, 5.74) is 2.52. The number of anilines is 1.